The van der Waals surface area contributed by atoms with Gasteiger partial charge in [-0.05, 0) is 19.3 Å². The second-order valence-corrected chi connectivity index (χ2v) is 2.86. The second kappa shape index (κ2) is 11.2. The monoisotopic (exact) mass is 180 g/mol. The maximum Gasteiger partial charge on any atom is 0.0465 e. The molecule has 0 radical (unpaired) electrons. The summed E-state index contributed by atoms with van der Waals surface area (Å²) >= 11 is 0. The minimum atomic E-state index is 0.247. The SMILES string of the molecule is CCC/C=C/C=C/C/C=C\CCO. The van der Waals surface area contributed by atoms with Crippen LogP contribution in [0.25, 0.3) is 0 Å². The number of aliphatic hydroxyl groups is 1. The van der Waals surface area contributed by atoms with Crippen LogP contribution < -0.4 is 0 Å². The lowest BCUT2D eigenvalue weighted by molar-refractivity contribution is 0.302. The zero-order valence-corrected chi connectivity index (χ0v) is 8.45. The summed E-state index contributed by atoms with van der Waals surface area (Å²) in [5.74, 6) is 0. The van der Waals surface area contributed by atoms with E-state index in [1.807, 2.05) is 6.08 Å². The zero-order valence-electron chi connectivity index (χ0n) is 8.45. The molecule has 0 aliphatic heterocycles. The Hall–Kier alpha value is -0.820. The van der Waals surface area contributed by atoms with Crippen LogP contribution in [-0.4, -0.2) is 11.7 Å². The summed E-state index contributed by atoms with van der Waals surface area (Å²) in [5.41, 5.74) is 0. The van der Waals surface area contributed by atoms with Crippen molar-refractivity contribution in [2.75, 3.05) is 6.61 Å². The first kappa shape index (κ1) is 12.2. The van der Waals surface area contributed by atoms with E-state index in [1.165, 1.54) is 6.42 Å². The molecular formula is C12H20O. The van der Waals surface area contributed by atoms with Crippen molar-refractivity contribution in [1.29, 1.82) is 0 Å². The van der Waals surface area contributed by atoms with Crippen molar-refractivity contribution in [1.82, 2.24) is 0 Å². The minimum Gasteiger partial charge on any atom is -0.396 e. The van der Waals surface area contributed by atoms with Gasteiger partial charge in [-0.3, -0.25) is 0 Å². The molecule has 0 rings (SSSR count). The summed E-state index contributed by atoms with van der Waals surface area (Å²) in [6, 6.07) is 0. The molecule has 74 valence electrons. The lowest BCUT2D eigenvalue weighted by Gasteiger charge is -1.83. The molecule has 1 nitrogen and oxygen atoms in total. The topological polar surface area (TPSA) is 20.2 Å². The van der Waals surface area contributed by atoms with Gasteiger partial charge < -0.3 is 5.11 Å². The quantitative estimate of drug-likeness (QED) is 0.471. The van der Waals surface area contributed by atoms with Gasteiger partial charge in [-0.15, -0.1) is 0 Å². The molecule has 0 unspecified atom stereocenters. The fraction of sp³-hybridized carbons (Fsp3) is 0.500. The lowest BCUT2D eigenvalue weighted by atomic mass is 10.3. The molecule has 0 aliphatic rings. The number of hydrogen-bond acceptors (Lipinski definition) is 1. The predicted octanol–water partition coefficient (Wildman–Crippen LogP) is 3.23. The van der Waals surface area contributed by atoms with Gasteiger partial charge in [0.25, 0.3) is 0 Å². The van der Waals surface area contributed by atoms with Crippen molar-refractivity contribution in [3.05, 3.63) is 36.5 Å². The summed E-state index contributed by atoms with van der Waals surface area (Å²) in [6.07, 6.45) is 16.6. The van der Waals surface area contributed by atoms with Gasteiger partial charge in [0.05, 0.1) is 0 Å². The van der Waals surface area contributed by atoms with Crippen LogP contribution in [0.5, 0.6) is 0 Å². The van der Waals surface area contributed by atoms with Crippen LogP contribution in [0.4, 0.5) is 0 Å². The maximum atomic E-state index is 8.49. The second-order valence-electron chi connectivity index (χ2n) is 2.86. The highest BCUT2D eigenvalue weighted by Crippen LogP contribution is 1.91. The van der Waals surface area contributed by atoms with Crippen LogP contribution in [0.15, 0.2) is 36.5 Å². The largest absolute Gasteiger partial charge is 0.396 e. The van der Waals surface area contributed by atoms with Crippen molar-refractivity contribution >= 4 is 0 Å². The number of aliphatic hydroxyl groups excluding tert-OH is 1. The van der Waals surface area contributed by atoms with Crippen molar-refractivity contribution in [3.63, 3.8) is 0 Å². The van der Waals surface area contributed by atoms with E-state index in [1.54, 1.807) is 0 Å². The molecule has 1 N–H and O–H groups in total. The normalized spacial score (nSPS) is 12.5. The van der Waals surface area contributed by atoms with E-state index in [0.717, 1.165) is 19.3 Å². The Morgan fingerprint density at radius 1 is 0.923 bits per heavy atom. The molecule has 0 aromatic carbocycles. The Bertz CT molecular complexity index is 166. The fourth-order valence-corrected chi connectivity index (χ4v) is 0.866. The molecule has 13 heavy (non-hydrogen) atoms. The summed E-state index contributed by atoms with van der Waals surface area (Å²) < 4.78 is 0. The van der Waals surface area contributed by atoms with Gasteiger partial charge in [-0.2, -0.15) is 0 Å². The molecule has 0 aromatic heterocycles. The number of rotatable bonds is 7. The van der Waals surface area contributed by atoms with Crippen LogP contribution in [-0.2, 0) is 0 Å². The Balaban J connectivity index is 3.30. The van der Waals surface area contributed by atoms with E-state index in [-0.39, 0.29) is 6.61 Å². The third-order valence-electron chi connectivity index (χ3n) is 1.57. The molecule has 0 saturated carbocycles. The molecule has 1 heteroatoms. The summed E-state index contributed by atoms with van der Waals surface area (Å²) in [4.78, 5) is 0. The van der Waals surface area contributed by atoms with Crippen LogP contribution in [0.1, 0.15) is 32.6 Å². The van der Waals surface area contributed by atoms with Gasteiger partial charge in [-0.25, -0.2) is 0 Å². The van der Waals surface area contributed by atoms with Crippen LogP contribution in [0.2, 0.25) is 0 Å². The van der Waals surface area contributed by atoms with Crippen LogP contribution in [0.3, 0.4) is 0 Å². The van der Waals surface area contributed by atoms with Crippen molar-refractivity contribution in [2.24, 2.45) is 0 Å². The molecule has 0 amide bonds. The highest BCUT2D eigenvalue weighted by atomic mass is 16.2. The minimum absolute atomic E-state index is 0.247. The summed E-state index contributed by atoms with van der Waals surface area (Å²) in [7, 11) is 0. The first-order valence-corrected chi connectivity index (χ1v) is 4.99. The molecule has 0 atom stereocenters. The average molecular weight is 180 g/mol. The molecule has 0 aromatic rings. The smallest absolute Gasteiger partial charge is 0.0465 e. The Morgan fingerprint density at radius 2 is 1.69 bits per heavy atom. The first-order chi connectivity index (χ1) is 6.41. The first-order valence-electron chi connectivity index (χ1n) is 4.99. The molecule has 0 fully saturated rings. The van der Waals surface area contributed by atoms with Crippen molar-refractivity contribution in [3.8, 4) is 0 Å². The summed E-state index contributed by atoms with van der Waals surface area (Å²) in [6.45, 7) is 2.42. The van der Waals surface area contributed by atoms with E-state index >= 15 is 0 Å². The van der Waals surface area contributed by atoms with E-state index in [0.29, 0.717) is 0 Å². The lowest BCUT2D eigenvalue weighted by Crippen LogP contribution is -1.74. The number of unbranched alkanes of at least 4 members (excludes halogenated alkanes) is 1. The number of allylic oxidation sites excluding steroid dienone is 5. The third-order valence-corrected chi connectivity index (χ3v) is 1.57. The van der Waals surface area contributed by atoms with E-state index in [9.17, 15) is 0 Å². The van der Waals surface area contributed by atoms with Gasteiger partial charge in [0.2, 0.25) is 0 Å². The average Bonchev–Trinajstić information content (AvgIpc) is 2.16. The van der Waals surface area contributed by atoms with Gasteiger partial charge in [0, 0.05) is 6.61 Å². The molecule has 0 saturated heterocycles. The van der Waals surface area contributed by atoms with Gasteiger partial charge in [-0.1, -0.05) is 49.8 Å². The number of hydrogen-bond donors (Lipinski definition) is 1. The molecule has 0 spiro atoms. The van der Waals surface area contributed by atoms with E-state index < -0.39 is 0 Å². The van der Waals surface area contributed by atoms with Crippen molar-refractivity contribution in [2.45, 2.75) is 32.6 Å². The zero-order chi connectivity index (χ0) is 9.78. The Morgan fingerprint density at radius 3 is 2.38 bits per heavy atom. The van der Waals surface area contributed by atoms with E-state index in [4.69, 9.17) is 5.11 Å². The predicted molar refractivity (Wildman–Crippen MR) is 58.6 cm³/mol. The van der Waals surface area contributed by atoms with Crippen molar-refractivity contribution < 1.29 is 5.11 Å². The molecular weight excluding hydrogens is 160 g/mol. The molecule has 0 heterocycles. The van der Waals surface area contributed by atoms with Crippen LogP contribution in [0, 0.1) is 0 Å². The Labute approximate surface area is 81.5 Å². The van der Waals surface area contributed by atoms with Crippen LogP contribution >= 0.6 is 0 Å². The maximum absolute atomic E-state index is 8.49. The van der Waals surface area contributed by atoms with Gasteiger partial charge >= 0.3 is 0 Å². The van der Waals surface area contributed by atoms with Gasteiger partial charge in [0.15, 0.2) is 0 Å². The fourth-order valence-electron chi connectivity index (χ4n) is 0.866. The molecule has 0 aliphatic carbocycles. The molecule has 0 bridgehead atoms. The van der Waals surface area contributed by atoms with Gasteiger partial charge in [0.1, 0.15) is 0 Å². The standard InChI is InChI=1S/C12H20O/c1-2-3-4-5-6-7-8-9-10-11-12-13/h4-7,9-10,13H,2-3,8,11-12H2,1H3/b5-4+,7-6+,10-9-. The third kappa shape index (κ3) is 11.2. The highest BCUT2D eigenvalue weighted by Gasteiger charge is 1.73. The Kier molecular flexibility index (Phi) is 10.5. The highest BCUT2D eigenvalue weighted by molar-refractivity contribution is 5.04. The van der Waals surface area contributed by atoms with E-state index in [2.05, 4.69) is 37.3 Å². The summed E-state index contributed by atoms with van der Waals surface area (Å²) in [5, 5.41) is 8.49.